The van der Waals surface area contributed by atoms with Crippen molar-refractivity contribution in [3.63, 3.8) is 0 Å². The van der Waals surface area contributed by atoms with Gasteiger partial charge in [-0.1, -0.05) is 49.6 Å². The Bertz CT molecular complexity index is 656. The van der Waals surface area contributed by atoms with Gasteiger partial charge in [0, 0.05) is 25.6 Å². The van der Waals surface area contributed by atoms with Crippen molar-refractivity contribution < 1.29 is 14.4 Å². The third-order valence-corrected chi connectivity index (χ3v) is 5.49. The van der Waals surface area contributed by atoms with Gasteiger partial charge in [-0.05, 0) is 24.8 Å². The van der Waals surface area contributed by atoms with E-state index in [4.69, 9.17) is 0 Å². The smallest absolute Gasteiger partial charge is 0.239 e. The summed E-state index contributed by atoms with van der Waals surface area (Å²) >= 11 is 0. The Kier molecular flexibility index (Phi) is 6.85. The predicted octanol–water partition coefficient (Wildman–Crippen LogP) is 1.64. The average Bonchev–Trinajstić information content (AvgIpc) is 3.07. The third-order valence-electron chi connectivity index (χ3n) is 5.49. The zero-order valence-electron chi connectivity index (χ0n) is 15.8. The number of nitrogens with zero attached hydrogens (tertiary/aromatic N) is 1. The van der Waals surface area contributed by atoms with Crippen LogP contribution in [0.25, 0.3) is 0 Å². The normalized spacial score (nSPS) is 20.5. The molecule has 27 heavy (non-hydrogen) atoms. The Morgan fingerprint density at radius 1 is 1.07 bits per heavy atom. The fourth-order valence-electron chi connectivity index (χ4n) is 3.91. The molecule has 146 valence electrons. The van der Waals surface area contributed by atoms with Crippen molar-refractivity contribution in [2.24, 2.45) is 5.92 Å². The lowest BCUT2D eigenvalue weighted by molar-refractivity contribution is -0.129. The molecule has 3 rings (SSSR count). The van der Waals surface area contributed by atoms with Gasteiger partial charge < -0.3 is 15.5 Å². The van der Waals surface area contributed by atoms with Gasteiger partial charge >= 0.3 is 0 Å². The van der Waals surface area contributed by atoms with E-state index in [9.17, 15) is 14.4 Å². The first-order chi connectivity index (χ1) is 13.1. The Morgan fingerprint density at radius 3 is 2.56 bits per heavy atom. The summed E-state index contributed by atoms with van der Waals surface area (Å²) in [5, 5.41) is 5.69. The van der Waals surface area contributed by atoms with Crippen LogP contribution in [0, 0.1) is 5.92 Å². The van der Waals surface area contributed by atoms with Crippen molar-refractivity contribution >= 4 is 17.7 Å². The number of carbonyl (C=O) groups is 3. The standard InChI is InChI=1S/C21H29N3O3/c25-19(23-18-9-5-2-6-10-18)14-22-21(27)17-13-20(26)24(15-17)12-11-16-7-3-1-4-8-16/h1,3-4,7-8,17-18H,2,5-6,9-15H2,(H,22,27)(H,23,25). The minimum atomic E-state index is -0.365. The minimum Gasteiger partial charge on any atom is -0.352 e. The van der Waals surface area contributed by atoms with Gasteiger partial charge in [0.1, 0.15) is 0 Å². The van der Waals surface area contributed by atoms with Gasteiger partial charge in [-0.15, -0.1) is 0 Å². The van der Waals surface area contributed by atoms with E-state index in [1.54, 1.807) is 4.90 Å². The van der Waals surface area contributed by atoms with Crippen molar-refractivity contribution in [2.45, 2.75) is 51.0 Å². The molecule has 0 aromatic heterocycles. The van der Waals surface area contributed by atoms with Crippen LogP contribution in [0.1, 0.15) is 44.1 Å². The van der Waals surface area contributed by atoms with Gasteiger partial charge in [0.15, 0.2) is 0 Å². The Morgan fingerprint density at radius 2 is 1.81 bits per heavy atom. The molecule has 0 radical (unpaired) electrons. The third kappa shape index (κ3) is 5.81. The van der Waals surface area contributed by atoms with Crippen LogP contribution in [0.5, 0.6) is 0 Å². The molecule has 2 fully saturated rings. The van der Waals surface area contributed by atoms with Gasteiger partial charge in [-0.3, -0.25) is 14.4 Å². The average molecular weight is 371 g/mol. The number of nitrogens with one attached hydrogen (secondary N) is 2. The number of carbonyl (C=O) groups excluding carboxylic acids is 3. The highest BCUT2D eigenvalue weighted by atomic mass is 16.2. The van der Waals surface area contributed by atoms with Crippen LogP contribution >= 0.6 is 0 Å². The van der Waals surface area contributed by atoms with Crippen molar-refractivity contribution in [3.05, 3.63) is 35.9 Å². The molecule has 6 heteroatoms. The Balaban J connectivity index is 1.38. The van der Waals surface area contributed by atoms with E-state index >= 15 is 0 Å². The molecule has 1 aliphatic heterocycles. The molecule has 1 saturated carbocycles. The second-order valence-electron chi connectivity index (χ2n) is 7.60. The van der Waals surface area contributed by atoms with Gasteiger partial charge in [0.25, 0.3) is 0 Å². The zero-order chi connectivity index (χ0) is 19.1. The predicted molar refractivity (Wildman–Crippen MR) is 103 cm³/mol. The monoisotopic (exact) mass is 371 g/mol. The molecule has 0 bridgehead atoms. The summed E-state index contributed by atoms with van der Waals surface area (Å²) in [7, 11) is 0. The van der Waals surface area contributed by atoms with E-state index in [1.165, 1.54) is 12.0 Å². The summed E-state index contributed by atoms with van der Waals surface area (Å²) in [6, 6.07) is 10.2. The molecule has 2 N–H and O–H groups in total. The number of amides is 3. The maximum atomic E-state index is 12.3. The Labute approximate surface area is 160 Å². The SMILES string of the molecule is O=C(CNC(=O)C1CC(=O)N(CCc2ccccc2)C1)NC1CCCCC1. The molecular weight excluding hydrogens is 342 g/mol. The minimum absolute atomic E-state index is 0.00988. The van der Waals surface area contributed by atoms with Crippen LogP contribution in [-0.2, 0) is 20.8 Å². The molecule has 1 aromatic rings. The van der Waals surface area contributed by atoms with E-state index < -0.39 is 0 Å². The molecule has 2 aliphatic rings. The zero-order valence-corrected chi connectivity index (χ0v) is 15.8. The van der Waals surface area contributed by atoms with Crippen LogP contribution in [0.4, 0.5) is 0 Å². The summed E-state index contributed by atoms with van der Waals surface area (Å²) in [6.07, 6.45) is 6.59. The van der Waals surface area contributed by atoms with E-state index in [-0.39, 0.29) is 42.6 Å². The topological polar surface area (TPSA) is 78.5 Å². The first-order valence-electron chi connectivity index (χ1n) is 10.0. The molecule has 1 aliphatic carbocycles. The van der Waals surface area contributed by atoms with Crippen LogP contribution in [-0.4, -0.2) is 48.3 Å². The largest absolute Gasteiger partial charge is 0.352 e. The van der Waals surface area contributed by atoms with Crippen LogP contribution in [0.15, 0.2) is 30.3 Å². The molecule has 6 nitrogen and oxygen atoms in total. The van der Waals surface area contributed by atoms with Crippen molar-refractivity contribution in [2.75, 3.05) is 19.6 Å². The van der Waals surface area contributed by atoms with Crippen LogP contribution in [0.3, 0.4) is 0 Å². The maximum Gasteiger partial charge on any atom is 0.239 e. The molecule has 1 heterocycles. The van der Waals surface area contributed by atoms with Gasteiger partial charge in [0.2, 0.25) is 17.7 Å². The van der Waals surface area contributed by atoms with Crippen molar-refractivity contribution in [1.29, 1.82) is 0 Å². The summed E-state index contributed by atoms with van der Waals surface area (Å²) < 4.78 is 0. The molecule has 1 unspecified atom stereocenters. The fourth-order valence-corrected chi connectivity index (χ4v) is 3.91. The van der Waals surface area contributed by atoms with Gasteiger partial charge in [0.05, 0.1) is 12.5 Å². The molecule has 3 amide bonds. The number of benzene rings is 1. The Hall–Kier alpha value is -2.37. The van der Waals surface area contributed by atoms with Gasteiger partial charge in [-0.25, -0.2) is 0 Å². The second-order valence-corrected chi connectivity index (χ2v) is 7.60. The summed E-state index contributed by atoms with van der Waals surface area (Å²) in [5.41, 5.74) is 1.18. The van der Waals surface area contributed by atoms with E-state index in [0.29, 0.717) is 13.1 Å². The number of likely N-dealkylation sites (tertiary alicyclic amines) is 1. The molecule has 1 aromatic carbocycles. The molecule has 1 saturated heterocycles. The second kappa shape index (κ2) is 9.53. The number of hydrogen-bond acceptors (Lipinski definition) is 3. The van der Waals surface area contributed by atoms with Gasteiger partial charge in [-0.2, -0.15) is 0 Å². The molecule has 1 atom stereocenters. The number of hydrogen-bond donors (Lipinski definition) is 2. The summed E-state index contributed by atoms with van der Waals surface area (Å²) in [4.78, 5) is 38.3. The highest BCUT2D eigenvalue weighted by molar-refractivity contribution is 5.91. The molecule has 0 spiro atoms. The summed E-state index contributed by atoms with van der Waals surface area (Å²) in [6.45, 7) is 1.04. The lowest BCUT2D eigenvalue weighted by Gasteiger charge is -2.23. The first-order valence-corrected chi connectivity index (χ1v) is 10.0. The van der Waals surface area contributed by atoms with Crippen LogP contribution < -0.4 is 10.6 Å². The quantitative estimate of drug-likeness (QED) is 0.765. The first kappa shape index (κ1) is 19.4. The van der Waals surface area contributed by atoms with E-state index in [0.717, 1.165) is 32.1 Å². The lowest BCUT2D eigenvalue weighted by Crippen LogP contribution is -2.44. The van der Waals surface area contributed by atoms with Crippen molar-refractivity contribution in [1.82, 2.24) is 15.5 Å². The van der Waals surface area contributed by atoms with Crippen LogP contribution in [0.2, 0.25) is 0 Å². The lowest BCUT2D eigenvalue weighted by atomic mass is 9.95. The van der Waals surface area contributed by atoms with E-state index in [1.807, 2.05) is 30.3 Å². The summed E-state index contributed by atoms with van der Waals surface area (Å²) in [5.74, 6) is -0.696. The van der Waals surface area contributed by atoms with Crippen molar-refractivity contribution in [3.8, 4) is 0 Å². The highest BCUT2D eigenvalue weighted by Crippen LogP contribution is 2.19. The van der Waals surface area contributed by atoms with E-state index in [2.05, 4.69) is 10.6 Å². The number of rotatable bonds is 7. The highest BCUT2D eigenvalue weighted by Gasteiger charge is 2.34. The fraction of sp³-hybridized carbons (Fsp3) is 0.571. The molecular formula is C21H29N3O3. The maximum absolute atomic E-state index is 12.3.